The molecule has 0 fully saturated rings. The lowest BCUT2D eigenvalue weighted by Gasteiger charge is -2.12. The lowest BCUT2D eigenvalue weighted by atomic mass is 10.1. The average molecular weight is 328 g/mol. The quantitative estimate of drug-likeness (QED) is 0.586. The molecule has 0 atom stereocenters. The lowest BCUT2D eigenvalue weighted by Crippen LogP contribution is -2.29. The molecule has 2 N–H and O–H groups in total. The average Bonchev–Trinajstić information content (AvgIpc) is 2.55. The summed E-state index contributed by atoms with van der Waals surface area (Å²) in [6, 6.07) is 16.4. The molecule has 0 bridgehead atoms. The van der Waals surface area contributed by atoms with Crippen LogP contribution in [-0.2, 0) is 6.42 Å². The molecule has 3 nitrogen and oxygen atoms in total. The minimum atomic E-state index is 0.659. The van der Waals surface area contributed by atoms with E-state index in [1.807, 2.05) is 31.2 Å². The molecule has 0 aliphatic carbocycles. The fourth-order valence-electron chi connectivity index (χ4n) is 2.30. The van der Waals surface area contributed by atoms with Crippen LogP contribution in [0.15, 0.2) is 48.5 Å². The van der Waals surface area contributed by atoms with Crippen LogP contribution in [0, 0.1) is 6.92 Å². The maximum atomic E-state index is 5.65. The minimum Gasteiger partial charge on any atom is -0.494 e. The number of anilines is 1. The third-order valence-corrected chi connectivity index (χ3v) is 3.74. The molecule has 0 amide bonds. The van der Waals surface area contributed by atoms with Gasteiger partial charge in [-0.1, -0.05) is 35.9 Å². The predicted octanol–water partition coefficient (Wildman–Crippen LogP) is 4.31. The zero-order valence-electron chi connectivity index (χ0n) is 13.8. The zero-order valence-corrected chi connectivity index (χ0v) is 14.6. The number of ether oxygens (including phenoxy) is 1. The monoisotopic (exact) mass is 328 g/mol. The highest BCUT2D eigenvalue weighted by Gasteiger charge is 2.02. The van der Waals surface area contributed by atoms with E-state index in [2.05, 4.69) is 41.8 Å². The summed E-state index contributed by atoms with van der Waals surface area (Å²) in [5, 5.41) is 7.10. The van der Waals surface area contributed by atoms with E-state index in [0.29, 0.717) is 11.7 Å². The van der Waals surface area contributed by atoms with Gasteiger partial charge >= 0.3 is 0 Å². The molecule has 2 rings (SSSR count). The van der Waals surface area contributed by atoms with Gasteiger partial charge < -0.3 is 15.4 Å². The smallest absolute Gasteiger partial charge is 0.170 e. The van der Waals surface area contributed by atoms with Gasteiger partial charge in [-0.05, 0) is 62.7 Å². The van der Waals surface area contributed by atoms with Gasteiger partial charge in [-0.2, -0.15) is 0 Å². The van der Waals surface area contributed by atoms with Crippen molar-refractivity contribution in [3.63, 3.8) is 0 Å². The minimum absolute atomic E-state index is 0.659. The topological polar surface area (TPSA) is 33.3 Å². The molecule has 2 aromatic rings. The Hall–Kier alpha value is -2.07. The van der Waals surface area contributed by atoms with Gasteiger partial charge in [0, 0.05) is 12.2 Å². The first-order valence-corrected chi connectivity index (χ1v) is 8.42. The van der Waals surface area contributed by atoms with Gasteiger partial charge in [-0.3, -0.25) is 0 Å². The van der Waals surface area contributed by atoms with Crippen LogP contribution in [0.4, 0.5) is 5.69 Å². The van der Waals surface area contributed by atoms with E-state index in [0.717, 1.165) is 30.8 Å². The van der Waals surface area contributed by atoms with E-state index in [4.69, 9.17) is 17.0 Å². The number of para-hydroxylation sites is 1. The molecule has 122 valence electrons. The van der Waals surface area contributed by atoms with Crippen molar-refractivity contribution >= 4 is 23.0 Å². The number of hydrogen-bond donors (Lipinski definition) is 2. The van der Waals surface area contributed by atoms with Crippen LogP contribution >= 0.6 is 12.2 Å². The van der Waals surface area contributed by atoms with Gasteiger partial charge in [0.25, 0.3) is 0 Å². The van der Waals surface area contributed by atoms with Crippen molar-refractivity contribution in [1.29, 1.82) is 0 Å². The summed E-state index contributed by atoms with van der Waals surface area (Å²) >= 11 is 5.32. The molecule has 0 aromatic heterocycles. The van der Waals surface area contributed by atoms with Crippen molar-refractivity contribution in [1.82, 2.24) is 5.32 Å². The van der Waals surface area contributed by atoms with Crippen LogP contribution in [0.25, 0.3) is 0 Å². The van der Waals surface area contributed by atoms with Crippen molar-refractivity contribution in [3.05, 3.63) is 59.7 Å². The Bertz CT molecular complexity index is 626. The summed E-state index contributed by atoms with van der Waals surface area (Å²) in [5.74, 6) is 0.982. The van der Waals surface area contributed by atoms with Crippen LogP contribution in [-0.4, -0.2) is 18.3 Å². The fourth-order valence-corrected chi connectivity index (χ4v) is 2.52. The van der Waals surface area contributed by atoms with Gasteiger partial charge in [-0.15, -0.1) is 0 Å². The Morgan fingerprint density at radius 2 is 1.83 bits per heavy atom. The predicted molar refractivity (Wildman–Crippen MR) is 101 cm³/mol. The summed E-state index contributed by atoms with van der Waals surface area (Å²) < 4.78 is 5.65. The van der Waals surface area contributed by atoms with Crippen molar-refractivity contribution < 1.29 is 4.74 Å². The van der Waals surface area contributed by atoms with Gasteiger partial charge in [0.05, 0.1) is 6.61 Å². The van der Waals surface area contributed by atoms with Gasteiger partial charge in [0.2, 0.25) is 0 Å². The second-order valence-corrected chi connectivity index (χ2v) is 5.80. The Labute approximate surface area is 144 Å². The Morgan fingerprint density at radius 1 is 1.09 bits per heavy atom. The maximum Gasteiger partial charge on any atom is 0.170 e. The van der Waals surface area contributed by atoms with Gasteiger partial charge in [0.15, 0.2) is 5.11 Å². The first kappa shape index (κ1) is 17.3. The van der Waals surface area contributed by atoms with Crippen LogP contribution in [0.5, 0.6) is 5.75 Å². The molecule has 0 radical (unpaired) electrons. The highest BCUT2D eigenvalue weighted by Crippen LogP contribution is 2.19. The second-order valence-electron chi connectivity index (χ2n) is 5.39. The van der Waals surface area contributed by atoms with Crippen LogP contribution in [0.1, 0.15) is 24.5 Å². The molecular weight excluding hydrogens is 304 g/mol. The molecule has 0 heterocycles. The van der Waals surface area contributed by atoms with Crippen LogP contribution in [0.3, 0.4) is 0 Å². The maximum absolute atomic E-state index is 5.65. The largest absolute Gasteiger partial charge is 0.494 e. The normalized spacial score (nSPS) is 10.2. The first-order valence-electron chi connectivity index (χ1n) is 8.01. The Kier molecular flexibility index (Phi) is 6.88. The number of thiocarbonyl (C=S) groups is 1. The lowest BCUT2D eigenvalue weighted by molar-refractivity contribution is 0.336. The van der Waals surface area contributed by atoms with Crippen molar-refractivity contribution in [2.45, 2.75) is 26.7 Å². The molecule has 0 aliphatic rings. The van der Waals surface area contributed by atoms with Crippen molar-refractivity contribution in [3.8, 4) is 5.75 Å². The number of hydrogen-bond acceptors (Lipinski definition) is 2. The molecule has 4 heteroatoms. The fraction of sp³-hybridized carbons (Fsp3) is 0.316. The van der Waals surface area contributed by atoms with Crippen molar-refractivity contribution in [2.75, 3.05) is 18.5 Å². The molecule has 2 aromatic carbocycles. The molecule has 23 heavy (non-hydrogen) atoms. The van der Waals surface area contributed by atoms with Crippen LogP contribution in [0.2, 0.25) is 0 Å². The molecule has 0 saturated carbocycles. The summed E-state index contributed by atoms with van der Waals surface area (Å²) in [7, 11) is 0. The summed E-state index contributed by atoms with van der Waals surface area (Å²) in [6.07, 6.45) is 1.97. The van der Waals surface area contributed by atoms with E-state index in [9.17, 15) is 0 Å². The van der Waals surface area contributed by atoms with Crippen LogP contribution < -0.4 is 15.4 Å². The Morgan fingerprint density at radius 3 is 2.57 bits per heavy atom. The third kappa shape index (κ3) is 5.91. The first-order chi connectivity index (χ1) is 11.2. The summed E-state index contributed by atoms with van der Waals surface area (Å²) in [5.41, 5.74) is 3.49. The third-order valence-electron chi connectivity index (χ3n) is 3.49. The van der Waals surface area contributed by atoms with E-state index < -0.39 is 0 Å². The SMILES string of the molecule is CCOc1ccccc1CCCNC(=S)Nc1ccc(C)cc1. The summed E-state index contributed by atoms with van der Waals surface area (Å²) in [6.45, 7) is 5.60. The summed E-state index contributed by atoms with van der Waals surface area (Å²) in [4.78, 5) is 0. The van der Waals surface area contributed by atoms with Gasteiger partial charge in [-0.25, -0.2) is 0 Å². The molecule has 0 spiro atoms. The van der Waals surface area contributed by atoms with Gasteiger partial charge in [0.1, 0.15) is 5.75 Å². The van der Waals surface area contributed by atoms with E-state index >= 15 is 0 Å². The number of benzene rings is 2. The van der Waals surface area contributed by atoms with E-state index in [1.54, 1.807) is 0 Å². The van der Waals surface area contributed by atoms with E-state index in [-0.39, 0.29) is 0 Å². The molecular formula is C19H24N2OS. The number of nitrogens with one attached hydrogen (secondary N) is 2. The number of aryl methyl sites for hydroxylation is 2. The number of rotatable bonds is 7. The highest BCUT2D eigenvalue weighted by molar-refractivity contribution is 7.80. The highest BCUT2D eigenvalue weighted by atomic mass is 32.1. The zero-order chi connectivity index (χ0) is 16.5. The van der Waals surface area contributed by atoms with Crippen molar-refractivity contribution in [2.24, 2.45) is 0 Å². The molecule has 0 unspecified atom stereocenters. The second kappa shape index (κ2) is 9.16. The standard InChI is InChI=1S/C19H24N2OS/c1-3-22-18-9-5-4-7-16(18)8-6-14-20-19(23)21-17-12-10-15(2)11-13-17/h4-5,7,9-13H,3,6,8,14H2,1-2H3,(H2,20,21,23). The molecule has 0 aliphatic heterocycles. The Balaban J connectivity index is 1.73. The molecule has 0 saturated heterocycles. The van der Waals surface area contributed by atoms with E-state index in [1.165, 1.54) is 11.1 Å².